The van der Waals surface area contributed by atoms with Crippen molar-refractivity contribution in [1.29, 1.82) is 0 Å². The molecule has 2 aliphatic carbocycles. The number of carbonyl (C=O) groups is 2. The maximum atomic E-state index is 12.6. The first-order valence-corrected chi connectivity index (χ1v) is 9.33. The highest BCUT2D eigenvalue weighted by Crippen LogP contribution is 2.30. The lowest BCUT2D eigenvalue weighted by atomic mass is 9.89. The van der Waals surface area contributed by atoms with E-state index in [0.717, 1.165) is 25.7 Å². The highest BCUT2D eigenvalue weighted by Gasteiger charge is 2.33. The Morgan fingerprint density at radius 2 is 1.46 bits per heavy atom. The van der Waals surface area contributed by atoms with Crippen molar-refractivity contribution in [3.8, 4) is 11.8 Å². The summed E-state index contributed by atoms with van der Waals surface area (Å²) in [5, 5.41) is 0. The van der Waals surface area contributed by atoms with Crippen LogP contribution in [0.1, 0.15) is 71.1 Å². The molecule has 0 aromatic rings. The molecule has 134 valence electrons. The van der Waals surface area contributed by atoms with E-state index in [4.69, 9.17) is 9.47 Å². The van der Waals surface area contributed by atoms with Gasteiger partial charge >= 0.3 is 12.1 Å². The summed E-state index contributed by atoms with van der Waals surface area (Å²) in [5.74, 6) is 4.32. The van der Waals surface area contributed by atoms with Gasteiger partial charge in [0.15, 0.2) is 6.61 Å². The zero-order valence-electron chi connectivity index (χ0n) is 14.7. The number of amides is 1. The summed E-state index contributed by atoms with van der Waals surface area (Å²) in [6.45, 7) is 1.96. The van der Waals surface area contributed by atoms with Crippen molar-refractivity contribution in [3.63, 3.8) is 0 Å². The van der Waals surface area contributed by atoms with Gasteiger partial charge in [-0.1, -0.05) is 38.5 Å². The van der Waals surface area contributed by atoms with Gasteiger partial charge in [0.05, 0.1) is 6.61 Å². The number of hydrogen-bond donors (Lipinski definition) is 0. The molecule has 24 heavy (non-hydrogen) atoms. The summed E-state index contributed by atoms with van der Waals surface area (Å²) in [5.41, 5.74) is 0. The average Bonchev–Trinajstić information content (AvgIpc) is 2.61. The van der Waals surface area contributed by atoms with Gasteiger partial charge in [-0.05, 0) is 38.5 Å². The lowest BCUT2D eigenvalue weighted by Gasteiger charge is -2.40. The Morgan fingerprint density at radius 3 is 1.96 bits per heavy atom. The monoisotopic (exact) mass is 335 g/mol. The predicted octanol–water partition coefficient (Wildman–Crippen LogP) is 3.66. The van der Waals surface area contributed by atoms with E-state index in [1.165, 1.54) is 38.5 Å². The fourth-order valence-corrected chi connectivity index (χ4v) is 3.76. The molecule has 0 aromatic heterocycles. The molecule has 0 N–H and O–H groups in total. The molecule has 0 heterocycles. The van der Waals surface area contributed by atoms with Crippen molar-refractivity contribution in [2.75, 3.05) is 13.2 Å². The third-order valence-electron chi connectivity index (χ3n) is 4.88. The van der Waals surface area contributed by atoms with Gasteiger partial charge in [-0.15, -0.1) is 0 Å². The molecule has 0 aromatic carbocycles. The lowest BCUT2D eigenvalue weighted by Crippen LogP contribution is -2.49. The van der Waals surface area contributed by atoms with E-state index in [1.54, 1.807) is 6.92 Å². The number of ether oxygens (including phenoxy) is 2. The van der Waals surface area contributed by atoms with Gasteiger partial charge < -0.3 is 14.4 Å². The molecule has 0 unspecified atom stereocenters. The van der Waals surface area contributed by atoms with E-state index in [0.29, 0.717) is 18.7 Å². The minimum absolute atomic E-state index is 0.0619. The molecule has 0 saturated heterocycles. The van der Waals surface area contributed by atoms with E-state index in [1.807, 2.05) is 4.90 Å². The summed E-state index contributed by atoms with van der Waals surface area (Å²) in [4.78, 5) is 25.8. The van der Waals surface area contributed by atoms with Crippen LogP contribution in [0.2, 0.25) is 0 Å². The quantitative estimate of drug-likeness (QED) is 0.447. The summed E-state index contributed by atoms with van der Waals surface area (Å²) in [7, 11) is 0. The molecule has 0 aliphatic heterocycles. The highest BCUT2D eigenvalue weighted by molar-refractivity contribution is 5.88. The Balaban J connectivity index is 1.92. The smallest absolute Gasteiger partial charge is 0.411 e. The van der Waals surface area contributed by atoms with E-state index in [2.05, 4.69) is 11.8 Å². The second kappa shape index (κ2) is 10.2. The number of carbonyl (C=O) groups excluding carboxylic acids is 2. The summed E-state index contributed by atoms with van der Waals surface area (Å²) in [6, 6.07) is 0.597. The van der Waals surface area contributed by atoms with Crippen LogP contribution in [0.5, 0.6) is 0 Å². The third-order valence-corrected chi connectivity index (χ3v) is 4.88. The van der Waals surface area contributed by atoms with Crippen LogP contribution in [0.4, 0.5) is 4.79 Å². The normalized spacial score (nSPS) is 19.0. The molecule has 2 rings (SSSR count). The predicted molar refractivity (Wildman–Crippen MR) is 91.3 cm³/mol. The molecule has 1 amide bonds. The topological polar surface area (TPSA) is 55.8 Å². The second-order valence-electron chi connectivity index (χ2n) is 6.57. The highest BCUT2D eigenvalue weighted by atomic mass is 16.6. The van der Waals surface area contributed by atoms with Crippen molar-refractivity contribution in [1.82, 2.24) is 4.90 Å². The fraction of sp³-hybridized carbons (Fsp3) is 0.789. The molecular weight excluding hydrogens is 306 g/mol. The second-order valence-corrected chi connectivity index (χ2v) is 6.57. The third kappa shape index (κ3) is 5.74. The van der Waals surface area contributed by atoms with Crippen LogP contribution in [0.25, 0.3) is 0 Å². The standard InChI is InChI=1S/C19H29NO4/c1-2-23-18(21)14-9-15-24-19(22)20(16-10-5-3-6-11-16)17-12-7-4-8-13-17/h16-17H,2-8,10-13,15H2,1H3. The van der Waals surface area contributed by atoms with Gasteiger partial charge in [0.1, 0.15) is 0 Å². The molecule has 2 aliphatic rings. The van der Waals surface area contributed by atoms with Crippen LogP contribution in [0.15, 0.2) is 0 Å². The number of rotatable bonds is 4. The summed E-state index contributed by atoms with van der Waals surface area (Å²) >= 11 is 0. The first kappa shape index (κ1) is 18.6. The molecule has 2 saturated carbocycles. The fourth-order valence-electron chi connectivity index (χ4n) is 3.76. The lowest BCUT2D eigenvalue weighted by molar-refractivity contribution is -0.136. The Hall–Kier alpha value is -1.70. The first-order chi connectivity index (χ1) is 11.7. The van der Waals surface area contributed by atoms with E-state index < -0.39 is 5.97 Å². The van der Waals surface area contributed by atoms with E-state index in [9.17, 15) is 9.59 Å². The van der Waals surface area contributed by atoms with Crippen molar-refractivity contribution in [2.24, 2.45) is 0 Å². The van der Waals surface area contributed by atoms with Gasteiger partial charge in [-0.2, -0.15) is 0 Å². The Bertz CT molecular complexity index is 449. The van der Waals surface area contributed by atoms with Gasteiger partial charge in [-0.25, -0.2) is 9.59 Å². The number of nitrogens with zero attached hydrogens (tertiary/aromatic N) is 1. The molecule has 5 heteroatoms. The maximum Gasteiger partial charge on any atom is 0.411 e. The molecule has 2 fully saturated rings. The van der Waals surface area contributed by atoms with Crippen LogP contribution in [-0.4, -0.2) is 42.3 Å². The zero-order chi connectivity index (χ0) is 17.2. The molecule has 0 spiro atoms. The molecule has 0 atom stereocenters. The minimum Gasteiger partial charge on any atom is -0.456 e. The number of hydrogen-bond acceptors (Lipinski definition) is 4. The van der Waals surface area contributed by atoms with E-state index >= 15 is 0 Å². The minimum atomic E-state index is -0.579. The molecular formula is C19H29NO4. The largest absolute Gasteiger partial charge is 0.456 e. The van der Waals surface area contributed by atoms with E-state index in [-0.39, 0.29) is 12.7 Å². The SMILES string of the molecule is CCOC(=O)C#CCOC(=O)N(C1CCCCC1)C1CCCCC1. The average molecular weight is 335 g/mol. The van der Waals surface area contributed by atoms with Crippen molar-refractivity contribution < 1.29 is 19.1 Å². The molecule has 5 nitrogen and oxygen atoms in total. The van der Waals surface area contributed by atoms with Crippen molar-refractivity contribution in [2.45, 2.75) is 83.2 Å². The van der Waals surface area contributed by atoms with Gasteiger partial charge in [0, 0.05) is 18.0 Å². The van der Waals surface area contributed by atoms with Gasteiger partial charge in [0.25, 0.3) is 0 Å². The first-order valence-electron chi connectivity index (χ1n) is 9.33. The van der Waals surface area contributed by atoms with Crippen LogP contribution in [0, 0.1) is 11.8 Å². The Morgan fingerprint density at radius 1 is 0.917 bits per heavy atom. The number of esters is 1. The molecule has 0 radical (unpaired) electrons. The molecule has 0 bridgehead atoms. The summed E-state index contributed by atoms with van der Waals surface area (Å²) < 4.78 is 10.1. The van der Waals surface area contributed by atoms with Gasteiger partial charge in [0.2, 0.25) is 0 Å². The van der Waals surface area contributed by atoms with Crippen LogP contribution < -0.4 is 0 Å². The van der Waals surface area contributed by atoms with Crippen molar-refractivity contribution >= 4 is 12.1 Å². The Kier molecular flexibility index (Phi) is 7.94. The Labute approximate surface area is 145 Å². The maximum absolute atomic E-state index is 12.6. The van der Waals surface area contributed by atoms with Crippen LogP contribution in [0.3, 0.4) is 0 Å². The van der Waals surface area contributed by atoms with Crippen molar-refractivity contribution in [3.05, 3.63) is 0 Å². The van der Waals surface area contributed by atoms with Crippen LogP contribution in [-0.2, 0) is 14.3 Å². The van der Waals surface area contributed by atoms with Gasteiger partial charge in [-0.3, -0.25) is 0 Å². The van der Waals surface area contributed by atoms with Crippen LogP contribution >= 0.6 is 0 Å². The summed E-state index contributed by atoms with van der Waals surface area (Å²) in [6.07, 6.45) is 11.3. The zero-order valence-corrected chi connectivity index (χ0v) is 14.7.